The van der Waals surface area contributed by atoms with Crippen LogP contribution in [0.15, 0.2) is 52.6 Å². The first-order chi connectivity index (χ1) is 8.24. The molecule has 0 radical (unpaired) electrons. The predicted molar refractivity (Wildman–Crippen MR) is 61.4 cm³/mol. The number of hydrogen-bond donors (Lipinski definition) is 1. The highest BCUT2D eigenvalue weighted by atomic mass is 16.2. The van der Waals surface area contributed by atoms with E-state index in [9.17, 15) is 9.59 Å². The van der Waals surface area contributed by atoms with Crippen LogP contribution in [0.2, 0.25) is 0 Å². The van der Waals surface area contributed by atoms with Gasteiger partial charge in [0.25, 0.3) is 5.56 Å². The van der Waals surface area contributed by atoms with Crippen molar-refractivity contribution in [2.45, 2.75) is 0 Å². The third-order valence-electron chi connectivity index (χ3n) is 2.48. The van der Waals surface area contributed by atoms with E-state index in [1.165, 1.54) is 16.8 Å². The first kappa shape index (κ1) is 9.59. The fraction of sp³-hybridized carbons (Fsp3) is 0. The zero-order valence-electron chi connectivity index (χ0n) is 8.70. The second-order valence-electron chi connectivity index (χ2n) is 3.56. The lowest BCUT2D eigenvalue weighted by Gasteiger charge is -2.04. The molecule has 3 aromatic heterocycles. The molecule has 0 saturated heterocycles. The minimum absolute atomic E-state index is 0.409. The van der Waals surface area contributed by atoms with Crippen molar-refractivity contribution in [3.05, 3.63) is 63.8 Å². The number of nitrogens with one attached hydrogen (secondary N) is 1. The molecule has 0 fully saturated rings. The van der Waals surface area contributed by atoms with Crippen LogP contribution in [0.3, 0.4) is 0 Å². The third kappa shape index (κ3) is 1.55. The van der Waals surface area contributed by atoms with Crippen molar-refractivity contribution in [3.8, 4) is 5.69 Å². The maximum absolute atomic E-state index is 11.6. The van der Waals surface area contributed by atoms with Gasteiger partial charge in [-0.1, -0.05) is 0 Å². The van der Waals surface area contributed by atoms with Crippen LogP contribution in [-0.2, 0) is 0 Å². The lowest BCUT2D eigenvalue weighted by Crippen LogP contribution is -2.27. The van der Waals surface area contributed by atoms with Crippen molar-refractivity contribution >= 4 is 5.65 Å². The number of pyridine rings is 1. The number of imidazole rings is 1. The van der Waals surface area contributed by atoms with Gasteiger partial charge in [0.1, 0.15) is 5.65 Å². The average Bonchev–Trinajstić information content (AvgIpc) is 2.75. The Morgan fingerprint density at radius 3 is 2.82 bits per heavy atom. The molecule has 0 spiro atoms. The van der Waals surface area contributed by atoms with Gasteiger partial charge in [0.05, 0.1) is 5.69 Å². The summed E-state index contributed by atoms with van der Waals surface area (Å²) in [5.74, 6) is 0. The quantitative estimate of drug-likeness (QED) is 0.645. The SMILES string of the molecule is O=c1ccn(-c2ccn3ccnc3c2)c(=O)[nH]1. The van der Waals surface area contributed by atoms with Gasteiger partial charge in [-0.15, -0.1) is 0 Å². The van der Waals surface area contributed by atoms with Crippen LogP contribution in [-0.4, -0.2) is 18.9 Å². The molecular formula is C11H8N4O2. The normalized spacial score (nSPS) is 10.8. The molecule has 0 aliphatic rings. The molecule has 1 N–H and O–H groups in total. The molecule has 0 aromatic carbocycles. The Bertz CT molecular complexity index is 797. The number of fused-ring (bicyclic) bond motifs is 1. The number of aromatic amines is 1. The van der Waals surface area contributed by atoms with E-state index in [4.69, 9.17) is 0 Å². The minimum atomic E-state index is -0.464. The zero-order valence-corrected chi connectivity index (χ0v) is 8.70. The molecule has 17 heavy (non-hydrogen) atoms. The van der Waals surface area contributed by atoms with E-state index in [-0.39, 0.29) is 0 Å². The first-order valence-electron chi connectivity index (χ1n) is 4.99. The Hall–Kier alpha value is -2.63. The van der Waals surface area contributed by atoms with Crippen molar-refractivity contribution in [1.82, 2.24) is 18.9 Å². The number of hydrogen-bond acceptors (Lipinski definition) is 3. The average molecular weight is 228 g/mol. The minimum Gasteiger partial charge on any atom is -0.307 e. The molecule has 6 heteroatoms. The van der Waals surface area contributed by atoms with E-state index in [0.717, 1.165) is 5.65 Å². The molecule has 3 aromatic rings. The Balaban J connectivity index is 2.26. The van der Waals surface area contributed by atoms with Crippen molar-refractivity contribution in [3.63, 3.8) is 0 Å². The molecule has 0 atom stereocenters. The van der Waals surface area contributed by atoms with E-state index in [2.05, 4.69) is 9.97 Å². The fourth-order valence-corrected chi connectivity index (χ4v) is 1.67. The molecule has 84 valence electrons. The summed E-state index contributed by atoms with van der Waals surface area (Å²) >= 11 is 0. The summed E-state index contributed by atoms with van der Waals surface area (Å²) in [4.78, 5) is 28.9. The van der Waals surface area contributed by atoms with Crippen molar-refractivity contribution in [2.24, 2.45) is 0 Å². The van der Waals surface area contributed by atoms with E-state index in [0.29, 0.717) is 5.69 Å². The van der Waals surface area contributed by atoms with Crippen LogP contribution in [0.4, 0.5) is 0 Å². The molecule has 0 aliphatic carbocycles. The second kappa shape index (κ2) is 3.44. The van der Waals surface area contributed by atoms with Gasteiger partial charge in [-0.05, 0) is 6.07 Å². The molecular weight excluding hydrogens is 220 g/mol. The van der Waals surface area contributed by atoms with Crippen LogP contribution in [0, 0.1) is 0 Å². The maximum atomic E-state index is 11.6. The number of H-pyrrole nitrogens is 1. The third-order valence-corrected chi connectivity index (χ3v) is 2.48. The Morgan fingerprint density at radius 1 is 1.12 bits per heavy atom. The van der Waals surface area contributed by atoms with Crippen molar-refractivity contribution in [1.29, 1.82) is 0 Å². The van der Waals surface area contributed by atoms with Gasteiger partial charge in [0.2, 0.25) is 0 Å². The number of aromatic nitrogens is 4. The van der Waals surface area contributed by atoms with E-state index < -0.39 is 11.2 Å². The Labute approximate surface area is 94.8 Å². The Morgan fingerprint density at radius 2 is 2.00 bits per heavy atom. The number of nitrogens with zero attached hydrogens (tertiary/aromatic N) is 3. The lowest BCUT2D eigenvalue weighted by atomic mass is 10.4. The predicted octanol–water partition coefficient (Wildman–Crippen LogP) is 0.173. The van der Waals surface area contributed by atoms with E-state index in [1.807, 2.05) is 10.6 Å². The van der Waals surface area contributed by atoms with Crippen LogP contribution in [0.1, 0.15) is 0 Å². The van der Waals surface area contributed by atoms with Crippen LogP contribution >= 0.6 is 0 Å². The van der Waals surface area contributed by atoms with Gasteiger partial charge in [-0.25, -0.2) is 9.78 Å². The molecule has 3 heterocycles. The summed E-state index contributed by atoms with van der Waals surface area (Å²) in [6.07, 6.45) is 6.73. The fourth-order valence-electron chi connectivity index (χ4n) is 1.67. The molecule has 6 nitrogen and oxygen atoms in total. The smallest absolute Gasteiger partial charge is 0.307 e. The topological polar surface area (TPSA) is 72.2 Å². The molecule has 0 amide bonds. The molecule has 0 bridgehead atoms. The standard InChI is InChI=1S/C11H8N4O2/c16-10-2-5-15(11(17)13-10)8-1-4-14-6-3-12-9(14)7-8/h1-7H,(H,13,16,17). The summed E-state index contributed by atoms with van der Waals surface area (Å²) in [7, 11) is 0. The highest BCUT2D eigenvalue weighted by Gasteiger charge is 2.01. The summed E-state index contributed by atoms with van der Waals surface area (Å²) in [6, 6.07) is 4.84. The van der Waals surface area contributed by atoms with Gasteiger partial charge >= 0.3 is 5.69 Å². The zero-order chi connectivity index (χ0) is 11.8. The molecule has 0 saturated carbocycles. The van der Waals surface area contributed by atoms with E-state index >= 15 is 0 Å². The summed E-state index contributed by atoms with van der Waals surface area (Å²) < 4.78 is 3.19. The molecule has 3 rings (SSSR count). The summed E-state index contributed by atoms with van der Waals surface area (Å²) in [5, 5.41) is 0. The number of rotatable bonds is 1. The lowest BCUT2D eigenvalue weighted by molar-refractivity contribution is 0.893. The highest BCUT2D eigenvalue weighted by molar-refractivity contribution is 5.47. The first-order valence-corrected chi connectivity index (χ1v) is 4.99. The Kier molecular flexibility index (Phi) is 1.94. The molecule has 0 unspecified atom stereocenters. The molecule has 0 aliphatic heterocycles. The largest absolute Gasteiger partial charge is 0.332 e. The van der Waals surface area contributed by atoms with Crippen LogP contribution < -0.4 is 11.2 Å². The van der Waals surface area contributed by atoms with Crippen LogP contribution in [0.5, 0.6) is 0 Å². The van der Waals surface area contributed by atoms with Gasteiger partial charge in [0.15, 0.2) is 0 Å². The van der Waals surface area contributed by atoms with Crippen molar-refractivity contribution < 1.29 is 0 Å². The maximum Gasteiger partial charge on any atom is 0.332 e. The van der Waals surface area contributed by atoms with Gasteiger partial charge in [-0.2, -0.15) is 0 Å². The summed E-state index contributed by atoms with van der Waals surface area (Å²) in [6.45, 7) is 0. The monoisotopic (exact) mass is 228 g/mol. The van der Waals surface area contributed by atoms with E-state index in [1.54, 1.807) is 24.5 Å². The van der Waals surface area contributed by atoms with Gasteiger partial charge < -0.3 is 4.40 Å². The van der Waals surface area contributed by atoms with Gasteiger partial charge in [0, 0.05) is 36.9 Å². The van der Waals surface area contributed by atoms with Gasteiger partial charge in [-0.3, -0.25) is 14.3 Å². The van der Waals surface area contributed by atoms with Crippen LogP contribution in [0.25, 0.3) is 11.3 Å². The summed E-state index contributed by atoms with van der Waals surface area (Å²) in [5.41, 5.74) is 0.520. The highest BCUT2D eigenvalue weighted by Crippen LogP contribution is 2.07. The van der Waals surface area contributed by atoms with Crippen molar-refractivity contribution in [2.75, 3.05) is 0 Å². The second-order valence-corrected chi connectivity index (χ2v) is 3.56.